The third kappa shape index (κ3) is 25.2. The van der Waals surface area contributed by atoms with E-state index in [9.17, 15) is 23.6 Å². The maximum absolute atomic E-state index is 12.1. The van der Waals surface area contributed by atoms with E-state index in [4.69, 9.17) is 32.0 Å². The summed E-state index contributed by atoms with van der Waals surface area (Å²) in [6.45, 7) is 1.74. The van der Waals surface area contributed by atoms with Gasteiger partial charge in [0, 0.05) is 87.4 Å². The van der Waals surface area contributed by atoms with E-state index in [1.165, 1.54) is 34.9 Å². The second kappa shape index (κ2) is 39.2. The molecule has 2 aliphatic rings. The maximum atomic E-state index is 12.1. The number of allylic oxidation sites excluding steroid dienone is 6. The normalized spacial score (nSPS) is 11.1. The fourth-order valence-electron chi connectivity index (χ4n) is 5.51. The molecule has 5 N–H and O–H groups in total. The molecule has 0 radical (unpaired) electrons. The largest absolute Gasteiger partial charge is 1.00 e. The quantitative estimate of drug-likeness (QED) is 0.0911. The van der Waals surface area contributed by atoms with Crippen molar-refractivity contribution in [3.05, 3.63) is 229 Å². The number of rotatable bonds is 6. The first-order valence-electron chi connectivity index (χ1n) is 19.7. The second-order valence-electron chi connectivity index (χ2n) is 13.2. The molecule has 18 heteroatoms. The zero-order valence-corrected chi connectivity index (χ0v) is 49.6. The van der Waals surface area contributed by atoms with E-state index in [1.807, 2.05) is 71.6 Å². The Morgan fingerprint density at radius 3 is 1.58 bits per heavy atom. The molecule has 0 unspecified atom stereocenters. The minimum atomic E-state index is -0.367. The van der Waals surface area contributed by atoms with Gasteiger partial charge in [-0.05, 0) is 90.7 Å². The number of aromatic nitrogens is 3. The summed E-state index contributed by atoms with van der Waals surface area (Å²) in [5, 5.41) is 25.3. The van der Waals surface area contributed by atoms with Gasteiger partial charge in [-0.2, -0.15) is 5.26 Å². The number of nitrogens with zero attached hydrogens (tertiary/aromatic N) is 5. The number of nitrogens with two attached hydrogens (primary N) is 2. The summed E-state index contributed by atoms with van der Waals surface area (Å²) in [6, 6.07) is 41.3. The molecule has 0 atom stereocenters. The smallest absolute Gasteiger partial charge is 1.00 e. The van der Waals surface area contributed by atoms with E-state index in [0.29, 0.717) is 30.6 Å². The number of H-pyrrole nitrogens is 1. The molecule has 8 rings (SSSR count). The number of piperidine rings is 1. The zero-order valence-electron chi connectivity index (χ0n) is 38.0. The molecule has 1 aliphatic heterocycles. The van der Waals surface area contributed by atoms with E-state index in [1.54, 1.807) is 77.8 Å². The van der Waals surface area contributed by atoms with Crippen LogP contribution < -0.4 is 176 Å². The van der Waals surface area contributed by atoms with Gasteiger partial charge in [-0.25, -0.2) is 0 Å². The van der Waals surface area contributed by atoms with Crippen LogP contribution in [0.25, 0.3) is 11.4 Å². The topological polar surface area (TPSA) is 246 Å². The summed E-state index contributed by atoms with van der Waals surface area (Å²) in [4.78, 5) is 60.4. The molecule has 0 saturated carbocycles. The molecule has 3 aromatic heterocycles. The Morgan fingerprint density at radius 1 is 0.725 bits per heavy atom. The van der Waals surface area contributed by atoms with Crippen molar-refractivity contribution in [1.82, 2.24) is 14.1 Å². The summed E-state index contributed by atoms with van der Waals surface area (Å²) in [5.74, 6) is -0.129. The predicted octanol–water partition coefficient (Wildman–Crippen LogP) is 0.779. The van der Waals surface area contributed by atoms with Gasteiger partial charge in [0.2, 0.25) is 28.9 Å². The summed E-state index contributed by atoms with van der Waals surface area (Å²) in [6.07, 6.45) is 14.1. The van der Waals surface area contributed by atoms with Crippen molar-refractivity contribution in [3.63, 3.8) is 0 Å². The summed E-state index contributed by atoms with van der Waals surface area (Å²) in [5.41, 5.74) is 16.6. The number of anilines is 1. The van der Waals surface area contributed by atoms with Gasteiger partial charge < -0.3 is 32.9 Å². The third-order valence-corrected chi connectivity index (χ3v) is 8.79. The van der Waals surface area contributed by atoms with E-state index in [-0.39, 0.29) is 190 Å². The van der Waals surface area contributed by atoms with Crippen molar-refractivity contribution in [2.24, 2.45) is 11.5 Å². The second-order valence-corrected chi connectivity index (χ2v) is 13.2. The zero-order chi connectivity index (χ0) is 47.2. The molecule has 3 aromatic carbocycles. The van der Waals surface area contributed by atoms with Gasteiger partial charge >= 0.3 is 138 Å². The van der Waals surface area contributed by atoms with Gasteiger partial charge in [0.15, 0.2) is 0 Å². The van der Waals surface area contributed by atoms with Crippen molar-refractivity contribution < 1.29 is 165 Å². The van der Waals surface area contributed by atoms with Crippen molar-refractivity contribution >= 4 is 18.1 Å². The average Bonchev–Trinajstić information content (AvgIpc) is 3.36. The summed E-state index contributed by atoms with van der Waals surface area (Å²) >= 11 is 0. The Morgan fingerprint density at radius 2 is 1.22 bits per heavy atom. The van der Waals surface area contributed by atoms with Crippen LogP contribution in [0.5, 0.6) is 0 Å². The molecule has 1 amide bonds. The minimum Gasteiger partial charge on any atom is -1.00 e. The molecule has 6 aromatic rings. The number of hydrogen-bond donors (Lipinski definition) is 3. The number of carbonyl (C=O) groups excluding carboxylic acids is 2. The van der Waals surface area contributed by atoms with Gasteiger partial charge in [-0.15, -0.1) is 9.65 Å². The first-order valence-corrected chi connectivity index (χ1v) is 19.7. The average molecular weight is 1180 g/mol. The fraction of sp³-hybridized carbons (Fsp3) is 0.157. The molecule has 15 nitrogen and oxygen atoms in total. The first kappa shape index (κ1) is 66.6. The number of pyridine rings is 3. The Balaban J connectivity index is -0.000000387. The SMILES string of the molecule is C.C.N#CC1=[C+]C=C(F)C=C1.N#Cc1ccc(-n2ccccc2=O)cc1.NCc1ccc(-n2ccccc2=O)cc1.NCc1ccc(N2CCCCC2=O)cc1.O=CO[O-].O=c1cccc[nH]1.[Cs+].[Cs+].[H-].[HH]. The molecule has 69 heavy (non-hydrogen) atoms. The van der Waals surface area contributed by atoms with E-state index in [0.717, 1.165) is 53.7 Å². The Kier molecular flexibility index (Phi) is 37.8. The molecule has 1 saturated heterocycles. The van der Waals surface area contributed by atoms with Crippen LogP contribution in [-0.2, 0) is 27.6 Å². The van der Waals surface area contributed by atoms with Crippen LogP contribution >= 0.6 is 0 Å². The van der Waals surface area contributed by atoms with Gasteiger partial charge in [-0.1, -0.05) is 57.3 Å². The monoisotopic (exact) mass is 1180 g/mol. The molecular formula is C51H56Cs2FN8O7+. The first-order chi connectivity index (χ1) is 31.6. The van der Waals surface area contributed by atoms with Gasteiger partial charge in [0.25, 0.3) is 17.6 Å². The number of nitrogens with one attached hydrogen (secondary N) is 1. The van der Waals surface area contributed by atoms with E-state index < -0.39 is 0 Å². The molecule has 0 spiro atoms. The van der Waals surface area contributed by atoms with Crippen LogP contribution in [0, 0.1) is 28.7 Å². The molecule has 1 fully saturated rings. The number of nitriles is 2. The van der Waals surface area contributed by atoms with Crippen molar-refractivity contribution in [3.8, 4) is 23.5 Å². The molecule has 0 bridgehead atoms. The van der Waals surface area contributed by atoms with Crippen LogP contribution in [0.2, 0.25) is 0 Å². The van der Waals surface area contributed by atoms with Gasteiger partial charge in [0.1, 0.15) is 6.08 Å². The number of hydrogen-bond acceptors (Lipinski definition) is 11. The van der Waals surface area contributed by atoms with Crippen LogP contribution in [0.4, 0.5) is 10.1 Å². The molecule has 4 heterocycles. The van der Waals surface area contributed by atoms with E-state index >= 15 is 0 Å². The maximum Gasteiger partial charge on any atom is 1.00 e. The number of halogens is 1. The number of benzene rings is 3. The Bertz CT molecular complexity index is 2780. The van der Waals surface area contributed by atoms with Crippen molar-refractivity contribution in [1.29, 1.82) is 10.5 Å². The molecular weight excluding hydrogens is 1120 g/mol. The van der Waals surface area contributed by atoms with Crippen molar-refractivity contribution in [2.45, 2.75) is 47.2 Å². The standard InChI is InChI=1S/C12H16N2O.C12H12N2O.C12H8N2O.C7H3FN.C5H5NO.CH2O3.2CH4.2Cs.H2.H/c3*13-9-10-4-6-11(7-5-10)14-8-2-1-3-12(14)15;8-7-3-1-6(5-9)2-4-7;7-5-3-1-2-4-6-5;2-1-4-3;;;;;;/h4-7H,1-3,8-9,13H2;1-8H,9,13H2;1-8H;1,3-4H;1-4H,(H,6,7);1,3H;2*1H4;;;1H;/q;;;+1;;;;;2*+1;;-1/p-1. The predicted molar refractivity (Wildman–Crippen MR) is 259 cm³/mol. The van der Waals surface area contributed by atoms with Crippen molar-refractivity contribution in [2.75, 3.05) is 11.4 Å². The van der Waals surface area contributed by atoms with Crippen LogP contribution in [0.3, 0.4) is 0 Å². The third-order valence-electron chi connectivity index (χ3n) is 8.79. The van der Waals surface area contributed by atoms with Crippen LogP contribution in [0.15, 0.2) is 190 Å². The molecule has 350 valence electrons. The van der Waals surface area contributed by atoms with Gasteiger partial charge in [0.05, 0.1) is 23.8 Å². The van der Waals surface area contributed by atoms with E-state index in [2.05, 4.69) is 15.9 Å². The Labute approximate surface area is 522 Å². The summed E-state index contributed by atoms with van der Waals surface area (Å²) in [7, 11) is 0. The summed E-state index contributed by atoms with van der Waals surface area (Å²) < 4.78 is 15.2. The Hall–Kier alpha value is -4.53. The van der Waals surface area contributed by atoms with Gasteiger partial charge in [-0.3, -0.25) is 33.1 Å². The minimum absolute atomic E-state index is 0. The van der Waals surface area contributed by atoms with Crippen LogP contribution in [0.1, 0.15) is 53.7 Å². The number of aromatic amines is 1. The molecule has 1 aliphatic carbocycles. The number of carbonyl (C=O) groups is 2. The fourth-order valence-corrected chi connectivity index (χ4v) is 5.51. The number of amides is 1. The van der Waals surface area contributed by atoms with Crippen LogP contribution in [-0.4, -0.2) is 33.0 Å².